The lowest BCUT2D eigenvalue weighted by Gasteiger charge is -2.34. The molecule has 1 aromatic heterocycles. The molecule has 180 valence electrons. The number of hydrogen-bond acceptors (Lipinski definition) is 6. The largest absolute Gasteiger partial charge is 0.379 e. The fraction of sp³-hybridized carbons (Fsp3) is 0.320. The minimum atomic E-state index is -3.85. The normalized spacial score (nSPS) is 15.6. The molecular formula is C25H29N3O4S2. The summed E-state index contributed by atoms with van der Waals surface area (Å²) in [4.78, 5) is 16.6. The molecule has 2 aromatic carbocycles. The molecule has 0 radical (unpaired) electrons. The summed E-state index contributed by atoms with van der Waals surface area (Å²) in [5, 5.41) is 5.04. The Morgan fingerprint density at radius 3 is 2.59 bits per heavy atom. The molecule has 1 amide bonds. The third-order valence-electron chi connectivity index (χ3n) is 5.82. The zero-order valence-electron chi connectivity index (χ0n) is 19.3. The van der Waals surface area contributed by atoms with Gasteiger partial charge in [-0.3, -0.25) is 14.4 Å². The highest BCUT2D eigenvalue weighted by molar-refractivity contribution is 7.92. The molecule has 3 aromatic rings. The second kappa shape index (κ2) is 10.7. The van der Waals surface area contributed by atoms with E-state index in [2.05, 4.69) is 21.0 Å². The fourth-order valence-corrected chi connectivity index (χ4v) is 6.20. The van der Waals surface area contributed by atoms with E-state index >= 15 is 0 Å². The molecule has 0 bridgehead atoms. The molecule has 0 aliphatic carbocycles. The van der Waals surface area contributed by atoms with E-state index in [1.165, 1.54) is 10.9 Å². The van der Waals surface area contributed by atoms with Crippen molar-refractivity contribution in [3.8, 4) is 0 Å². The number of anilines is 1. The molecule has 2 heterocycles. The van der Waals surface area contributed by atoms with Gasteiger partial charge in [0.15, 0.2) is 0 Å². The lowest BCUT2D eigenvalue weighted by molar-refractivity contribution is 0.0169. The Balaban J connectivity index is 1.50. The first-order valence-corrected chi connectivity index (χ1v) is 13.5. The minimum Gasteiger partial charge on any atom is -0.379 e. The zero-order chi connectivity index (χ0) is 24.1. The quantitative estimate of drug-likeness (QED) is 0.490. The average Bonchev–Trinajstić information content (AvgIpc) is 3.34. The molecule has 1 saturated heterocycles. The Bertz CT molecular complexity index is 1240. The van der Waals surface area contributed by atoms with Crippen molar-refractivity contribution in [3.63, 3.8) is 0 Å². The lowest BCUT2D eigenvalue weighted by atomic mass is 10.1. The van der Waals surface area contributed by atoms with E-state index in [-0.39, 0.29) is 16.8 Å². The van der Waals surface area contributed by atoms with Gasteiger partial charge in [0.25, 0.3) is 15.9 Å². The molecule has 0 saturated carbocycles. The van der Waals surface area contributed by atoms with Crippen LogP contribution in [0.25, 0.3) is 0 Å². The van der Waals surface area contributed by atoms with Gasteiger partial charge in [0.2, 0.25) is 0 Å². The number of ether oxygens (including phenoxy) is 1. The highest BCUT2D eigenvalue weighted by Crippen LogP contribution is 2.26. The van der Waals surface area contributed by atoms with Crippen LogP contribution in [-0.4, -0.2) is 52.1 Å². The van der Waals surface area contributed by atoms with Crippen LogP contribution < -0.4 is 10.0 Å². The number of nitrogens with one attached hydrogen (secondary N) is 2. The van der Waals surface area contributed by atoms with Crippen LogP contribution in [0, 0.1) is 13.8 Å². The summed E-state index contributed by atoms with van der Waals surface area (Å²) in [6.07, 6.45) is 0. The van der Waals surface area contributed by atoms with Gasteiger partial charge in [0, 0.05) is 35.8 Å². The van der Waals surface area contributed by atoms with E-state index in [1.54, 1.807) is 48.6 Å². The number of thiophene rings is 1. The summed E-state index contributed by atoms with van der Waals surface area (Å²) in [6, 6.07) is 16.0. The van der Waals surface area contributed by atoms with Crippen LogP contribution in [0.1, 0.15) is 32.4 Å². The van der Waals surface area contributed by atoms with Gasteiger partial charge in [-0.25, -0.2) is 8.42 Å². The van der Waals surface area contributed by atoms with Crippen molar-refractivity contribution in [2.45, 2.75) is 24.8 Å². The summed E-state index contributed by atoms with van der Waals surface area (Å²) in [7, 11) is -3.85. The Morgan fingerprint density at radius 2 is 1.88 bits per heavy atom. The van der Waals surface area contributed by atoms with E-state index in [0.29, 0.717) is 36.6 Å². The third kappa shape index (κ3) is 5.85. The number of benzene rings is 2. The predicted molar refractivity (Wildman–Crippen MR) is 135 cm³/mol. The summed E-state index contributed by atoms with van der Waals surface area (Å²) in [6.45, 7) is 6.99. The first-order valence-electron chi connectivity index (χ1n) is 11.2. The van der Waals surface area contributed by atoms with Gasteiger partial charge in [-0.15, -0.1) is 11.3 Å². The molecule has 34 heavy (non-hydrogen) atoms. The summed E-state index contributed by atoms with van der Waals surface area (Å²) >= 11 is 1.66. The number of carbonyl (C=O) groups excluding carboxylic acids is 1. The Kier molecular flexibility index (Phi) is 7.67. The molecule has 1 fully saturated rings. The Labute approximate surface area is 204 Å². The van der Waals surface area contributed by atoms with Crippen molar-refractivity contribution >= 4 is 33.0 Å². The smallest absolute Gasteiger partial charge is 0.262 e. The topological polar surface area (TPSA) is 87.7 Å². The number of nitrogens with zero attached hydrogens (tertiary/aromatic N) is 1. The molecule has 0 unspecified atom stereocenters. The van der Waals surface area contributed by atoms with Gasteiger partial charge in [-0.2, -0.15) is 0 Å². The number of carbonyl (C=O) groups is 1. The van der Waals surface area contributed by atoms with Gasteiger partial charge >= 0.3 is 0 Å². The van der Waals surface area contributed by atoms with Gasteiger partial charge in [-0.1, -0.05) is 24.3 Å². The maximum absolute atomic E-state index is 13.1. The van der Waals surface area contributed by atoms with Crippen LogP contribution in [-0.2, 0) is 14.8 Å². The number of aryl methyl sites for hydroxylation is 2. The van der Waals surface area contributed by atoms with Crippen molar-refractivity contribution in [2.75, 3.05) is 37.6 Å². The molecule has 9 heteroatoms. The first-order chi connectivity index (χ1) is 16.3. The van der Waals surface area contributed by atoms with Gasteiger partial charge < -0.3 is 10.1 Å². The SMILES string of the molecule is Cc1cccc(NS(=O)(=O)c2cc(C(=O)NC[C@@H](c3cccs3)N3CCOCC3)ccc2C)c1. The maximum Gasteiger partial charge on any atom is 0.262 e. The van der Waals surface area contributed by atoms with Crippen LogP contribution in [0.2, 0.25) is 0 Å². The van der Waals surface area contributed by atoms with Crippen LogP contribution in [0.5, 0.6) is 0 Å². The van der Waals surface area contributed by atoms with Crippen molar-refractivity contribution in [2.24, 2.45) is 0 Å². The molecule has 0 spiro atoms. The van der Waals surface area contributed by atoms with Gasteiger partial charge in [-0.05, 0) is 60.7 Å². The Hall–Kier alpha value is -2.72. The maximum atomic E-state index is 13.1. The zero-order valence-corrected chi connectivity index (χ0v) is 20.9. The van der Waals surface area contributed by atoms with Crippen molar-refractivity contribution in [1.29, 1.82) is 0 Å². The molecular weight excluding hydrogens is 470 g/mol. The van der Waals surface area contributed by atoms with Crippen molar-refractivity contribution in [3.05, 3.63) is 81.5 Å². The second-order valence-electron chi connectivity index (χ2n) is 8.34. The monoisotopic (exact) mass is 499 g/mol. The Morgan fingerprint density at radius 1 is 1.09 bits per heavy atom. The van der Waals surface area contributed by atoms with Gasteiger partial charge in [0.05, 0.1) is 24.2 Å². The summed E-state index contributed by atoms with van der Waals surface area (Å²) in [5.41, 5.74) is 2.31. The van der Waals surface area contributed by atoms with Crippen LogP contribution in [0.4, 0.5) is 5.69 Å². The average molecular weight is 500 g/mol. The van der Waals surface area contributed by atoms with E-state index in [4.69, 9.17) is 4.74 Å². The standard InChI is InChI=1S/C25H29N3O4S2/c1-18-5-3-6-21(15-18)27-34(30,31)24-16-20(9-8-19(24)2)25(29)26-17-22(23-7-4-14-33-23)28-10-12-32-13-11-28/h3-9,14-16,22,27H,10-13,17H2,1-2H3,(H,26,29)/t22-/m0/s1. The molecule has 1 aliphatic rings. The van der Waals surface area contributed by atoms with Crippen LogP contribution >= 0.6 is 11.3 Å². The van der Waals surface area contributed by atoms with Crippen LogP contribution in [0.15, 0.2) is 64.9 Å². The van der Waals surface area contributed by atoms with Crippen molar-refractivity contribution in [1.82, 2.24) is 10.2 Å². The molecule has 2 N–H and O–H groups in total. The summed E-state index contributed by atoms with van der Waals surface area (Å²) < 4.78 is 34.2. The van der Waals surface area contributed by atoms with E-state index in [1.807, 2.05) is 24.4 Å². The molecule has 1 atom stereocenters. The number of amides is 1. The third-order valence-corrected chi connectivity index (χ3v) is 8.32. The molecule has 1 aliphatic heterocycles. The second-order valence-corrected chi connectivity index (χ2v) is 11.0. The minimum absolute atomic E-state index is 0.0458. The summed E-state index contributed by atoms with van der Waals surface area (Å²) in [5.74, 6) is -0.304. The van der Waals surface area contributed by atoms with E-state index in [9.17, 15) is 13.2 Å². The molecule has 4 rings (SSSR count). The predicted octanol–water partition coefficient (Wildman–Crippen LogP) is 3.97. The number of morpholine rings is 1. The number of hydrogen-bond donors (Lipinski definition) is 2. The highest BCUT2D eigenvalue weighted by atomic mass is 32.2. The first kappa shape index (κ1) is 24.4. The highest BCUT2D eigenvalue weighted by Gasteiger charge is 2.25. The van der Waals surface area contributed by atoms with Crippen molar-refractivity contribution < 1.29 is 17.9 Å². The van der Waals surface area contributed by atoms with E-state index in [0.717, 1.165) is 18.7 Å². The van der Waals surface area contributed by atoms with E-state index < -0.39 is 10.0 Å². The lowest BCUT2D eigenvalue weighted by Crippen LogP contribution is -2.43. The number of rotatable bonds is 8. The molecule has 7 nitrogen and oxygen atoms in total. The van der Waals surface area contributed by atoms with Crippen LogP contribution in [0.3, 0.4) is 0 Å². The fourth-order valence-electron chi connectivity index (χ4n) is 4.02. The van der Waals surface area contributed by atoms with Gasteiger partial charge in [0.1, 0.15) is 0 Å². The number of sulfonamides is 1.